The number of hydrogen-bond donors (Lipinski definition) is 2. The van der Waals surface area contributed by atoms with Crippen molar-refractivity contribution in [2.75, 3.05) is 0 Å². The third-order valence-electron chi connectivity index (χ3n) is 2.34. The summed E-state index contributed by atoms with van der Waals surface area (Å²) < 4.78 is 5.03. The van der Waals surface area contributed by atoms with Crippen LogP contribution in [0.1, 0.15) is 17.2 Å². The fourth-order valence-corrected chi connectivity index (χ4v) is 1.50. The van der Waals surface area contributed by atoms with Gasteiger partial charge in [-0.25, -0.2) is 0 Å². The lowest BCUT2D eigenvalue weighted by molar-refractivity contribution is 0.525. The van der Waals surface area contributed by atoms with E-state index in [9.17, 15) is 0 Å². The number of nitrogens with zero attached hydrogens (tertiary/aromatic N) is 1. The lowest BCUT2D eigenvalue weighted by Crippen LogP contribution is -2.29. The summed E-state index contributed by atoms with van der Waals surface area (Å²) in [7, 11) is 0. The Morgan fingerprint density at radius 2 is 2.13 bits per heavy atom. The maximum atomic E-state index is 5.50. The van der Waals surface area contributed by atoms with Crippen LogP contribution in [0.15, 0.2) is 47.5 Å². The molecule has 2 rings (SSSR count). The zero-order valence-corrected chi connectivity index (χ0v) is 8.26. The summed E-state index contributed by atoms with van der Waals surface area (Å²) in [6.07, 6.45) is 7.72. The minimum atomic E-state index is 0.0751. The lowest BCUT2D eigenvalue weighted by Gasteiger charge is -2.13. The average Bonchev–Trinajstić information content (AvgIpc) is 2.81. The highest BCUT2D eigenvalue weighted by Gasteiger charge is 2.11. The van der Waals surface area contributed by atoms with Crippen LogP contribution in [0.25, 0.3) is 0 Å². The van der Waals surface area contributed by atoms with Crippen molar-refractivity contribution in [2.45, 2.75) is 12.5 Å². The van der Waals surface area contributed by atoms with Crippen LogP contribution < -0.4 is 11.3 Å². The maximum absolute atomic E-state index is 5.50. The molecule has 1 atom stereocenters. The summed E-state index contributed by atoms with van der Waals surface area (Å²) in [5.41, 5.74) is 5.01. The van der Waals surface area contributed by atoms with Gasteiger partial charge in [0.05, 0.1) is 18.6 Å². The molecule has 0 aliphatic rings. The first-order valence-electron chi connectivity index (χ1n) is 4.77. The summed E-state index contributed by atoms with van der Waals surface area (Å²) in [6.45, 7) is 0. The molecule has 0 radical (unpaired) electrons. The quantitative estimate of drug-likeness (QED) is 0.582. The highest BCUT2D eigenvalue weighted by atomic mass is 16.3. The van der Waals surface area contributed by atoms with Crippen molar-refractivity contribution in [3.63, 3.8) is 0 Å². The van der Waals surface area contributed by atoms with Crippen molar-refractivity contribution >= 4 is 0 Å². The van der Waals surface area contributed by atoms with Gasteiger partial charge in [-0.05, 0) is 30.2 Å². The largest absolute Gasteiger partial charge is 0.472 e. The fraction of sp³-hybridized carbons (Fsp3) is 0.182. The van der Waals surface area contributed by atoms with Crippen LogP contribution in [0.5, 0.6) is 0 Å². The van der Waals surface area contributed by atoms with Gasteiger partial charge in [-0.1, -0.05) is 0 Å². The van der Waals surface area contributed by atoms with Gasteiger partial charge >= 0.3 is 0 Å². The second kappa shape index (κ2) is 4.72. The number of nitrogens with two attached hydrogens (primary N) is 1. The van der Waals surface area contributed by atoms with E-state index in [2.05, 4.69) is 10.4 Å². The first kappa shape index (κ1) is 9.89. The highest BCUT2D eigenvalue weighted by molar-refractivity contribution is 5.18. The van der Waals surface area contributed by atoms with Crippen molar-refractivity contribution in [1.29, 1.82) is 0 Å². The van der Waals surface area contributed by atoms with Crippen LogP contribution >= 0.6 is 0 Å². The summed E-state index contributed by atoms with van der Waals surface area (Å²) in [4.78, 5) is 3.97. The summed E-state index contributed by atoms with van der Waals surface area (Å²) in [5, 5.41) is 0. The molecule has 0 saturated heterocycles. The molecule has 3 N–H and O–H groups in total. The Hall–Kier alpha value is -1.65. The van der Waals surface area contributed by atoms with Crippen LogP contribution in [-0.4, -0.2) is 4.98 Å². The minimum absolute atomic E-state index is 0.0751. The van der Waals surface area contributed by atoms with E-state index in [1.54, 1.807) is 24.9 Å². The summed E-state index contributed by atoms with van der Waals surface area (Å²) in [5.74, 6) is 5.50. The third kappa shape index (κ3) is 2.43. The Labute approximate surface area is 88.1 Å². The number of furan rings is 1. The molecule has 15 heavy (non-hydrogen) atoms. The zero-order chi connectivity index (χ0) is 10.5. The van der Waals surface area contributed by atoms with Crippen molar-refractivity contribution in [2.24, 2.45) is 5.84 Å². The van der Waals surface area contributed by atoms with Gasteiger partial charge in [0, 0.05) is 18.0 Å². The van der Waals surface area contributed by atoms with Crippen LogP contribution in [0.3, 0.4) is 0 Å². The number of pyridine rings is 1. The van der Waals surface area contributed by atoms with Crippen molar-refractivity contribution in [3.05, 3.63) is 54.2 Å². The third-order valence-corrected chi connectivity index (χ3v) is 2.34. The average molecular weight is 203 g/mol. The Morgan fingerprint density at radius 1 is 1.33 bits per heavy atom. The van der Waals surface area contributed by atoms with E-state index in [1.165, 1.54) is 5.56 Å². The van der Waals surface area contributed by atoms with Gasteiger partial charge in [-0.2, -0.15) is 0 Å². The van der Waals surface area contributed by atoms with Gasteiger partial charge in [-0.15, -0.1) is 0 Å². The molecule has 0 aromatic carbocycles. The predicted molar refractivity (Wildman–Crippen MR) is 56.7 cm³/mol. The molecule has 0 aliphatic heterocycles. The van der Waals surface area contributed by atoms with E-state index in [0.717, 1.165) is 12.0 Å². The number of aromatic nitrogens is 1. The van der Waals surface area contributed by atoms with E-state index in [0.29, 0.717) is 0 Å². The van der Waals surface area contributed by atoms with Crippen LogP contribution in [0.4, 0.5) is 0 Å². The van der Waals surface area contributed by atoms with E-state index >= 15 is 0 Å². The van der Waals surface area contributed by atoms with E-state index in [-0.39, 0.29) is 6.04 Å². The zero-order valence-electron chi connectivity index (χ0n) is 8.26. The summed E-state index contributed by atoms with van der Waals surface area (Å²) in [6, 6.07) is 5.94. The molecule has 78 valence electrons. The molecule has 4 heteroatoms. The number of hydrazine groups is 1. The second-order valence-corrected chi connectivity index (χ2v) is 3.34. The first-order valence-corrected chi connectivity index (χ1v) is 4.77. The molecule has 0 saturated carbocycles. The Kier molecular flexibility index (Phi) is 3.11. The molecule has 0 bridgehead atoms. The number of rotatable bonds is 4. The molecular formula is C11H13N3O. The maximum Gasteiger partial charge on any atom is 0.0950 e. The molecule has 0 aliphatic carbocycles. The van der Waals surface area contributed by atoms with Gasteiger partial charge < -0.3 is 4.42 Å². The predicted octanol–water partition coefficient (Wildman–Crippen LogP) is 1.42. The summed E-state index contributed by atoms with van der Waals surface area (Å²) >= 11 is 0. The Morgan fingerprint density at radius 3 is 2.73 bits per heavy atom. The monoisotopic (exact) mass is 203 g/mol. The first-order chi connectivity index (χ1) is 7.40. The molecule has 2 aromatic heterocycles. The van der Waals surface area contributed by atoms with Gasteiger partial charge in [-0.3, -0.25) is 16.3 Å². The second-order valence-electron chi connectivity index (χ2n) is 3.34. The Bertz CT molecular complexity index is 385. The molecular weight excluding hydrogens is 190 g/mol. The molecule has 0 spiro atoms. The topological polar surface area (TPSA) is 64.1 Å². The van der Waals surface area contributed by atoms with Crippen molar-refractivity contribution in [3.8, 4) is 0 Å². The molecule has 2 aromatic rings. The van der Waals surface area contributed by atoms with E-state index in [4.69, 9.17) is 10.3 Å². The standard InChI is InChI=1S/C11H13N3O/c12-14-11(10-3-6-15-8-10)7-9-1-4-13-5-2-9/h1-6,8,11,14H,7,12H2. The lowest BCUT2D eigenvalue weighted by atomic mass is 10.0. The number of nitrogens with one attached hydrogen (secondary N) is 1. The smallest absolute Gasteiger partial charge is 0.0950 e. The van der Waals surface area contributed by atoms with E-state index in [1.807, 2.05) is 18.2 Å². The number of hydrogen-bond acceptors (Lipinski definition) is 4. The van der Waals surface area contributed by atoms with E-state index < -0.39 is 0 Å². The molecule has 1 unspecified atom stereocenters. The fourth-order valence-electron chi connectivity index (χ4n) is 1.50. The molecule has 4 nitrogen and oxygen atoms in total. The van der Waals surface area contributed by atoms with Crippen molar-refractivity contribution in [1.82, 2.24) is 10.4 Å². The molecule has 0 amide bonds. The minimum Gasteiger partial charge on any atom is -0.472 e. The Balaban J connectivity index is 2.10. The van der Waals surface area contributed by atoms with Crippen molar-refractivity contribution < 1.29 is 4.42 Å². The van der Waals surface area contributed by atoms with Crippen LogP contribution in [0.2, 0.25) is 0 Å². The van der Waals surface area contributed by atoms with Crippen LogP contribution in [-0.2, 0) is 6.42 Å². The highest BCUT2D eigenvalue weighted by Crippen LogP contribution is 2.17. The van der Waals surface area contributed by atoms with Gasteiger partial charge in [0.2, 0.25) is 0 Å². The SMILES string of the molecule is NNC(Cc1ccncc1)c1ccoc1. The van der Waals surface area contributed by atoms with Gasteiger partial charge in [0.25, 0.3) is 0 Å². The molecule has 2 heterocycles. The molecule has 0 fully saturated rings. The van der Waals surface area contributed by atoms with Crippen LogP contribution in [0, 0.1) is 0 Å². The normalized spacial score (nSPS) is 12.6. The van der Waals surface area contributed by atoms with Gasteiger partial charge in [0.1, 0.15) is 0 Å². The van der Waals surface area contributed by atoms with Gasteiger partial charge in [0.15, 0.2) is 0 Å².